The number of nitrogens with zero attached hydrogens (tertiary/aromatic N) is 1. The number of ether oxygens (including phenoxy) is 1. The van der Waals surface area contributed by atoms with Gasteiger partial charge in [-0.1, -0.05) is 54.6 Å². The Kier molecular flexibility index (Phi) is 8.24. The molecule has 0 spiro atoms. The van der Waals surface area contributed by atoms with Gasteiger partial charge in [-0.05, 0) is 48.4 Å². The van der Waals surface area contributed by atoms with Gasteiger partial charge < -0.3 is 20.3 Å². The summed E-state index contributed by atoms with van der Waals surface area (Å²) in [6.45, 7) is 2.36. The van der Waals surface area contributed by atoms with E-state index in [1.54, 1.807) is 20.1 Å². The lowest BCUT2D eigenvalue weighted by Crippen LogP contribution is -2.41. The summed E-state index contributed by atoms with van der Waals surface area (Å²) in [5, 5.41) is 5.64. The number of nitrogens with one attached hydrogen (secondary N) is 2. The van der Waals surface area contributed by atoms with Crippen LogP contribution in [0.25, 0.3) is 6.08 Å². The van der Waals surface area contributed by atoms with Crippen LogP contribution in [0.1, 0.15) is 18.1 Å². The third-order valence-electron chi connectivity index (χ3n) is 5.13. The number of benzene rings is 3. The topological polar surface area (TPSA) is 70.7 Å². The van der Waals surface area contributed by atoms with Gasteiger partial charge in [0.1, 0.15) is 11.8 Å². The van der Waals surface area contributed by atoms with Crippen LogP contribution >= 0.6 is 0 Å². The number of rotatable bonds is 9. The van der Waals surface area contributed by atoms with Crippen LogP contribution < -0.4 is 20.3 Å². The number of carbonyl (C=O) groups excluding carboxylic acids is 2. The first kappa shape index (κ1) is 23.6. The van der Waals surface area contributed by atoms with E-state index in [9.17, 15) is 9.59 Å². The molecule has 0 aliphatic carbocycles. The van der Waals surface area contributed by atoms with E-state index >= 15 is 0 Å². The number of amides is 2. The smallest absolute Gasteiger partial charge is 0.246 e. The molecule has 33 heavy (non-hydrogen) atoms. The summed E-state index contributed by atoms with van der Waals surface area (Å²) in [7, 11) is 3.58. The zero-order valence-electron chi connectivity index (χ0n) is 19.1. The van der Waals surface area contributed by atoms with Gasteiger partial charge in [0.25, 0.3) is 0 Å². The van der Waals surface area contributed by atoms with Crippen molar-refractivity contribution in [3.63, 3.8) is 0 Å². The molecule has 0 saturated heterocycles. The van der Waals surface area contributed by atoms with Crippen molar-refractivity contribution in [2.75, 3.05) is 24.4 Å². The zero-order chi connectivity index (χ0) is 23.6. The molecule has 0 bridgehead atoms. The minimum Gasteiger partial charge on any atom is -0.497 e. The summed E-state index contributed by atoms with van der Waals surface area (Å²) in [6.07, 6.45) is 3.10. The number of hydrogen-bond donors (Lipinski definition) is 2. The normalized spacial score (nSPS) is 11.6. The van der Waals surface area contributed by atoms with E-state index < -0.39 is 6.04 Å². The Balaban J connectivity index is 1.59. The standard InChI is InChI=1S/C27H29N3O3/c1-20(28-26(31)18-15-21-13-16-23(33-3)17-14-21)27(32)29-24-11-7-8-12-25(24)30(2)19-22-9-5-4-6-10-22/h4-18,20H,19H2,1-3H3,(H,28,31)(H,29,32)/b18-15+. The molecule has 3 rings (SSSR count). The molecule has 2 N–H and O–H groups in total. The number of hydrogen-bond acceptors (Lipinski definition) is 4. The largest absolute Gasteiger partial charge is 0.497 e. The van der Waals surface area contributed by atoms with Crippen LogP contribution in [0.4, 0.5) is 11.4 Å². The molecule has 3 aromatic carbocycles. The average molecular weight is 444 g/mol. The highest BCUT2D eigenvalue weighted by Crippen LogP contribution is 2.26. The van der Waals surface area contributed by atoms with Crippen LogP contribution in [0.15, 0.2) is 84.9 Å². The highest BCUT2D eigenvalue weighted by molar-refractivity contribution is 6.01. The van der Waals surface area contributed by atoms with Crippen LogP contribution in [0.2, 0.25) is 0 Å². The lowest BCUT2D eigenvalue weighted by molar-refractivity contribution is -0.123. The predicted molar refractivity (Wildman–Crippen MR) is 133 cm³/mol. The second-order valence-electron chi connectivity index (χ2n) is 7.68. The molecule has 6 heteroatoms. The Morgan fingerprint density at radius 2 is 1.64 bits per heavy atom. The van der Waals surface area contributed by atoms with Crippen molar-refractivity contribution in [3.05, 3.63) is 96.1 Å². The molecule has 170 valence electrons. The Labute approximate surface area is 194 Å². The second-order valence-corrected chi connectivity index (χ2v) is 7.68. The maximum absolute atomic E-state index is 12.7. The van der Waals surface area contributed by atoms with Gasteiger partial charge in [0.2, 0.25) is 11.8 Å². The summed E-state index contributed by atoms with van der Waals surface area (Å²) in [5.74, 6) is 0.112. The first-order chi connectivity index (χ1) is 16.0. The van der Waals surface area contributed by atoms with Gasteiger partial charge in [-0.2, -0.15) is 0 Å². The fourth-order valence-electron chi connectivity index (χ4n) is 3.31. The Hall–Kier alpha value is -4.06. The van der Waals surface area contributed by atoms with Crippen molar-refractivity contribution < 1.29 is 14.3 Å². The molecule has 0 aromatic heterocycles. The predicted octanol–water partition coefficient (Wildman–Crippen LogP) is 4.49. The number of para-hydroxylation sites is 2. The third-order valence-corrected chi connectivity index (χ3v) is 5.13. The van der Waals surface area contributed by atoms with Crippen LogP contribution in [0, 0.1) is 0 Å². The average Bonchev–Trinajstić information content (AvgIpc) is 2.84. The van der Waals surface area contributed by atoms with Crippen molar-refractivity contribution in [1.29, 1.82) is 0 Å². The lowest BCUT2D eigenvalue weighted by atomic mass is 10.2. The van der Waals surface area contributed by atoms with E-state index in [2.05, 4.69) is 27.7 Å². The SMILES string of the molecule is COc1ccc(/C=C/C(=O)NC(C)C(=O)Nc2ccccc2N(C)Cc2ccccc2)cc1. The first-order valence-corrected chi connectivity index (χ1v) is 10.7. The highest BCUT2D eigenvalue weighted by atomic mass is 16.5. The van der Waals surface area contributed by atoms with Gasteiger partial charge in [0.15, 0.2) is 0 Å². The molecule has 0 aliphatic heterocycles. The summed E-state index contributed by atoms with van der Waals surface area (Å²) < 4.78 is 5.12. The van der Waals surface area contributed by atoms with Gasteiger partial charge in [-0.15, -0.1) is 0 Å². The van der Waals surface area contributed by atoms with Crippen molar-refractivity contribution in [3.8, 4) is 5.75 Å². The molecule has 1 atom stereocenters. The Morgan fingerprint density at radius 1 is 0.970 bits per heavy atom. The van der Waals surface area contributed by atoms with E-state index in [0.29, 0.717) is 12.2 Å². The molecule has 6 nitrogen and oxygen atoms in total. The van der Waals surface area contributed by atoms with Crippen LogP contribution in [0.3, 0.4) is 0 Å². The van der Waals surface area contributed by atoms with Crippen molar-refractivity contribution in [1.82, 2.24) is 5.32 Å². The monoisotopic (exact) mass is 443 g/mol. The van der Waals surface area contributed by atoms with Crippen LogP contribution in [-0.2, 0) is 16.1 Å². The molecule has 0 aliphatic rings. The minimum absolute atomic E-state index is 0.290. The van der Waals surface area contributed by atoms with E-state index in [0.717, 1.165) is 17.0 Å². The molecule has 0 saturated carbocycles. The van der Waals surface area contributed by atoms with E-state index in [4.69, 9.17) is 4.74 Å². The van der Waals surface area contributed by atoms with E-state index in [1.165, 1.54) is 11.6 Å². The summed E-state index contributed by atoms with van der Waals surface area (Å²) in [6, 6.07) is 24.4. The molecule has 0 fully saturated rings. The lowest BCUT2D eigenvalue weighted by Gasteiger charge is -2.23. The molecular weight excluding hydrogens is 414 g/mol. The quantitative estimate of drug-likeness (QED) is 0.478. The second kappa shape index (κ2) is 11.5. The number of carbonyl (C=O) groups is 2. The number of methoxy groups -OCH3 is 1. The van der Waals surface area contributed by atoms with Gasteiger partial charge in [0.05, 0.1) is 18.5 Å². The van der Waals surface area contributed by atoms with Gasteiger partial charge in [-0.3, -0.25) is 9.59 Å². The molecule has 0 radical (unpaired) electrons. The van der Waals surface area contributed by atoms with Crippen LogP contribution in [-0.4, -0.2) is 32.0 Å². The maximum atomic E-state index is 12.7. The zero-order valence-corrected chi connectivity index (χ0v) is 19.1. The van der Waals surface area contributed by atoms with Crippen molar-refractivity contribution >= 4 is 29.3 Å². The highest BCUT2D eigenvalue weighted by Gasteiger charge is 2.17. The fourth-order valence-corrected chi connectivity index (χ4v) is 3.31. The third kappa shape index (κ3) is 6.97. The van der Waals surface area contributed by atoms with Crippen molar-refractivity contribution in [2.24, 2.45) is 0 Å². The maximum Gasteiger partial charge on any atom is 0.246 e. The fraction of sp³-hybridized carbons (Fsp3) is 0.185. The summed E-state index contributed by atoms with van der Waals surface area (Å²) in [5.41, 5.74) is 3.62. The van der Waals surface area contributed by atoms with Gasteiger partial charge in [0, 0.05) is 19.7 Å². The molecule has 0 heterocycles. The van der Waals surface area contributed by atoms with Gasteiger partial charge >= 0.3 is 0 Å². The summed E-state index contributed by atoms with van der Waals surface area (Å²) >= 11 is 0. The summed E-state index contributed by atoms with van der Waals surface area (Å²) in [4.78, 5) is 27.1. The minimum atomic E-state index is -0.703. The molecule has 3 aromatic rings. The van der Waals surface area contributed by atoms with Gasteiger partial charge in [-0.25, -0.2) is 0 Å². The van der Waals surface area contributed by atoms with Crippen LogP contribution in [0.5, 0.6) is 5.75 Å². The molecular formula is C27H29N3O3. The Morgan fingerprint density at radius 3 is 2.33 bits per heavy atom. The molecule has 2 amide bonds. The number of anilines is 2. The Bertz CT molecular complexity index is 1100. The van der Waals surface area contributed by atoms with E-state index in [1.807, 2.05) is 73.8 Å². The van der Waals surface area contributed by atoms with Crippen molar-refractivity contribution in [2.45, 2.75) is 19.5 Å². The molecule has 1 unspecified atom stereocenters. The van der Waals surface area contributed by atoms with E-state index in [-0.39, 0.29) is 11.8 Å². The first-order valence-electron chi connectivity index (χ1n) is 10.7.